The molecule has 0 saturated carbocycles. The van der Waals surface area contributed by atoms with Crippen molar-refractivity contribution in [1.82, 2.24) is 0 Å². The van der Waals surface area contributed by atoms with Crippen molar-refractivity contribution in [3.63, 3.8) is 0 Å². The zero-order valence-corrected chi connectivity index (χ0v) is 14.6. The van der Waals surface area contributed by atoms with E-state index in [1.54, 1.807) is 23.6 Å². The first kappa shape index (κ1) is 15.5. The van der Waals surface area contributed by atoms with Crippen molar-refractivity contribution < 1.29 is 13.2 Å². The molecule has 2 heterocycles. The Bertz CT molecular complexity index is 824. The number of rotatable bonds is 3. The molecule has 0 radical (unpaired) electrons. The topological polar surface area (TPSA) is 55.4 Å². The summed E-state index contributed by atoms with van der Waals surface area (Å²) in [6.45, 7) is 3.85. The highest BCUT2D eigenvalue weighted by Gasteiger charge is 2.32. The molecule has 2 aromatic rings. The number of nitrogens with one attached hydrogen (secondary N) is 1. The fraction of sp³-hybridized carbons (Fsp3) is 0.267. The van der Waals surface area contributed by atoms with Crippen molar-refractivity contribution in [1.29, 1.82) is 0 Å². The number of sulfonamides is 1. The fourth-order valence-electron chi connectivity index (χ4n) is 2.51. The third kappa shape index (κ3) is 2.88. The summed E-state index contributed by atoms with van der Waals surface area (Å²) in [6, 6.07) is 8.77. The molecule has 0 atom stereocenters. The molecule has 0 bridgehead atoms. The van der Waals surface area contributed by atoms with Crippen LogP contribution in [0.3, 0.4) is 0 Å². The molecule has 0 unspecified atom stereocenters. The lowest BCUT2D eigenvalue weighted by Crippen LogP contribution is -2.32. The van der Waals surface area contributed by atoms with Gasteiger partial charge in [0.1, 0.15) is 9.81 Å². The Kier molecular flexibility index (Phi) is 3.74. The van der Waals surface area contributed by atoms with Gasteiger partial charge < -0.3 is 4.74 Å². The Labute approximate surface area is 139 Å². The first-order chi connectivity index (χ1) is 10.3. The molecule has 1 aromatic heterocycles. The molecule has 0 saturated heterocycles. The van der Waals surface area contributed by atoms with Gasteiger partial charge in [0, 0.05) is 17.7 Å². The van der Waals surface area contributed by atoms with Crippen LogP contribution in [0.1, 0.15) is 25.0 Å². The summed E-state index contributed by atoms with van der Waals surface area (Å²) >= 11 is 6.36. The molecule has 4 nitrogen and oxygen atoms in total. The van der Waals surface area contributed by atoms with E-state index in [1.807, 2.05) is 26.0 Å². The van der Waals surface area contributed by atoms with E-state index in [0.717, 1.165) is 11.1 Å². The van der Waals surface area contributed by atoms with Gasteiger partial charge in [-0.25, -0.2) is 8.42 Å². The zero-order valence-electron chi connectivity index (χ0n) is 12.1. The first-order valence-corrected chi connectivity index (χ1v) is 9.47. The minimum Gasteiger partial charge on any atom is -0.476 e. The monoisotopic (exact) mass is 353 g/mol. The molecule has 7 heteroatoms. The third-order valence-electron chi connectivity index (χ3n) is 3.47. The summed E-state index contributed by atoms with van der Waals surface area (Å²) in [7, 11) is -3.54. The molecule has 0 fully saturated rings. The molecular weight excluding hydrogens is 338 g/mol. The van der Waals surface area contributed by atoms with E-state index in [9.17, 15) is 8.42 Å². The first-order valence-electron chi connectivity index (χ1n) is 6.69. The largest absolute Gasteiger partial charge is 0.476 e. The molecule has 0 spiro atoms. The summed E-state index contributed by atoms with van der Waals surface area (Å²) in [5, 5.41) is 2.30. The summed E-state index contributed by atoms with van der Waals surface area (Å²) in [5.41, 5.74) is 1.99. The van der Waals surface area contributed by atoms with E-state index >= 15 is 0 Å². The molecule has 1 aromatic carbocycles. The molecule has 3 rings (SSSR count). The van der Waals surface area contributed by atoms with E-state index in [2.05, 4.69) is 4.72 Å². The quantitative estimate of drug-likeness (QED) is 0.855. The second-order valence-corrected chi connectivity index (χ2v) is 8.88. The number of hydrogen-bond donors (Lipinski definition) is 1. The van der Waals surface area contributed by atoms with Crippen LogP contribution in [-0.2, 0) is 26.8 Å². The van der Waals surface area contributed by atoms with Crippen molar-refractivity contribution in [2.45, 2.75) is 30.1 Å². The minimum atomic E-state index is -3.54. The molecule has 1 N–H and O–H groups in total. The van der Waals surface area contributed by atoms with Gasteiger partial charge in [-0.2, -0.15) is 0 Å². The van der Waals surface area contributed by atoms with E-state index in [-0.39, 0.29) is 0 Å². The molecule has 22 heavy (non-hydrogen) atoms. The van der Waals surface area contributed by atoms with E-state index in [0.29, 0.717) is 21.4 Å². The average molecular weight is 353 g/mol. The molecule has 1 aliphatic rings. The number of thiocarbonyl (C=S) groups is 1. The normalized spacial score (nSPS) is 16.7. The maximum Gasteiger partial charge on any atom is 0.271 e. The number of anilines is 1. The van der Waals surface area contributed by atoms with E-state index in [1.165, 1.54) is 11.3 Å². The predicted octanol–water partition coefficient (Wildman–Crippen LogP) is 3.68. The highest BCUT2D eigenvalue weighted by Crippen LogP contribution is 2.35. The smallest absolute Gasteiger partial charge is 0.271 e. The molecular formula is C15H15NO3S3. The van der Waals surface area contributed by atoms with Crippen LogP contribution in [-0.4, -0.2) is 13.5 Å². The maximum atomic E-state index is 12.3. The van der Waals surface area contributed by atoms with Crippen LogP contribution in [0.25, 0.3) is 0 Å². The van der Waals surface area contributed by atoms with Crippen LogP contribution in [0.2, 0.25) is 0 Å². The Hall–Kier alpha value is -1.44. The van der Waals surface area contributed by atoms with Crippen molar-refractivity contribution in [2.75, 3.05) is 4.72 Å². The molecule has 1 aliphatic heterocycles. The van der Waals surface area contributed by atoms with Crippen molar-refractivity contribution in [2.24, 2.45) is 0 Å². The lowest BCUT2D eigenvalue weighted by molar-refractivity contribution is 0.0878. The number of fused-ring (bicyclic) bond motifs is 1. The van der Waals surface area contributed by atoms with Crippen LogP contribution < -0.4 is 4.72 Å². The number of ether oxygens (including phenoxy) is 1. The summed E-state index contributed by atoms with van der Waals surface area (Å²) in [6.07, 6.45) is 0.575. The van der Waals surface area contributed by atoms with Crippen molar-refractivity contribution in [3.05, 3.63) is 46.8 Å². The van der Waals surface area contributed by atoms with Crippen LogP contribution in [0.5, 0.6) is 0 Å². The van der Waals surface area contributed by atoms with Gasteiger partial charge in [-0.05, 0) is 55.2 Å². The standard InChI is InChI=1S/C15H15NO3S3/c1-15(2)12-9-11(6-5-10(12)8-13(20)19-15)16-22(17,18)14-4-3-7-21-14/h3-7,9,16H,8H2,1-2H3. The Morgan fingerprint density at radius 3 is 2.77 bits per heavy atom. The van der Waals surface area contributed by atoms with E-state index < -0.39 is 15.6 Å². The summed E-state index contributed by atoms with van der Waals surface area (Å²) in [4.78, 5) is 0. The third-order valence-corrected chi connectivity index (χ3v) is 6.48. The Balaban J connectivity index is 1.96. The number of thiophene rings is 1. The van der Waals surface area contributed by atoms with Gasteiger partial charge in [-0.1, -0.05) is 12.1 Å². The lowest BCUT2D eigenvalue weighted by Gasteiger charge is -2.34. The van der Waals surface area contributed by atoms with E-state index in [4.69, 9.17) is 17.0 Å². The number of benzene rings is 1. The molecule has 0 aliphatic carbocycles. The van der Waals surface area contributed by atoms with Gasteiger partial charge in [0.15, 0.2) is 5.05 Å². The zero-order chi connectivity index (χ0) is 16.0. The number of hydrogen-bond acceptors (Lipinski definition) is 5. The average Bonchev–Trinajstić information content (AvgIpc) is 2.93. The van der Waals surface area contributed by atoms with Gasteiger partial charge in [-0.15, -0.1) is 11.3 Å². The van der Waals surface area contributed by atoms with Gasteiger partial charge in [-0.3, -0.25) is 4.72 Å². The second-order valence-electron chi connectivity index (χ2n) is 5.57. The SMILES string of the molecule is CC1(C)OC(=S)Cc2ccc(NS(=O)(=O)c3cccs3)cc21. The van der Waals surface area contributed by atoms with Gasteiger partial charge in [0.25, 0.3) is 10.0 Å². The van der Waals surface area contributed by atoms with Crippen LogP contribution >= 0.6 is 23.6 Å². The van der Waals surface area contributed by atoms with Gasteiger partial charge in [0.05, 0.1) is 0 Å². The van der Waals surface area contributed by atoms with Gasteiger partial charge in [0.2, 0.25) is 0 Å². The van der Waals surface area contributed by atoms with Crippen LogP contribution in [0.4, 0.5) is 5.69 Å². The lowest BCUT2D eigenvalue weighted by atomic mass is 9.89. The maximum absolute atomic E-state index is 12.3. The second kappa shape index (κ2) is 5.33. The van der Waals surface area contributed by atoms with Crippen molar-refractivity contribution in [3.8, 4) is 0 Å². The highest BCUT2D eigenvalue weighted by molar-refractivity contribution is 7.94. The predicted molar refractivity (Wildman–Crippen MR) is 92.0 cm³/mol. The fourth-order valence-corrected chi connectivity index (χ4v) is 4.91. The van der Waals surface area contributed by atoms with Gasteiger partial charge >= 0.3 is 0 Å². The van der Waals surface area contributed by atoms with Crippen LogP contribution in [0.15, 0.2) is 39.9 Å². The summed E-state index contributed by atoms with van der Waals surface area (Å²) in [5.74, 6) is 0. The molecule has 0 amide bonds. The minimum absolute atomic E-state index is 0.293. The Morgan fingerprint density at radius 2 is 2.09 bits per heavy atom. The Morgan fingerprint density at radius 1 is 1.32 bits per heavy atom. The van der Waals surface area contributed by atoms with Crippen molar-refractivity contribution >= 4 is 44.3 Å². The molecule has 116 valence electrons. The highest BCUT2D eigenvalue weighted by atomic mass is 32.2. The van der Waals surface area contributed by atoms with Crippen LogP contribution in [0, 0.1) is 0 Å². The summed E-state index contributed by atoms with van der Waals surface area (Å²) < 4.78 is 33.2.